The molecule has 106 valence electrons. The molecular weight excluding hydrogens is 260 g/mol. The lowest BCUT2D eigenvalue weighted by Gasteiger charge is -2.39. The Morgan fingerprint density at radius 1 is 1.42 bits per heavy atom. The molecular formula is C15H23ClN2O. The number of hydrogen-bond donors (Lipinski definition) is 2. The van der Waals surface area contributed by atoms with Crippen LogP contribution in [0.4, 0.5) is 5.69 Å². The molecule has 1 fully saturated rings. The van der Waals surface area contributed by atoms with E-state index in [1.807, 2.05) is 6.07 Å². The average molecular weight is 283 g/mol. The van der Waals surface area contributed by atoms with Gasteiger partial charge in [-0.15, -0.1) is 0 Å². The zero-order chi connectivity index (χ0) is 13.7. The van der Waals surface area contributed by atoms with E-state index in [4.69, 9.17) is 11.6 Å². The fourth-order valence-electron chi connectivity index (χ4n) is 2.45. The van der Waals surface area contributed by atoms with Crippen LogP contribution in [0.1, 0.15) is 31.7 Å². The van der Waals surface area contributed by atoms with E-state index >= 15 is 0 Å². The third kappa shape index (κ3) is 3.62. The maximum Gasteiger partial charge on any atom is 0.0606 e. The van der Waals surface area contributed by atoms with Crippen LogP contribution < -0.4 is 10.2 Å². The molecule has 1 aliphatic carbocycles. The highest BCUT2D eigenvalue weighted by molar-refractivity contribution is 6.31. The van der Waals surface area contributed by atoms with E-state index < -0.39 is 0 Å². The minimum atomic E-state index is 0.188. The lowest BCUT2D eigenvalue weighted by atomic mass is 9.91. The van der Waals surface area contributed by atoms with Crippen molar-refractivity contribution >= 4 is 17.3 Å². The first-order valence-corrected chi connectivity index (χ1v) is 7.50. The van der Waals surface area contributed by atoms with Crippen LogP contribution >= 0.6 is 11.6 Å². The van der Waals surface area contributed by atoms with Crippen LogP contribution in [0.25, 0.3) is 0 Å². The third-order valence-electron chi connectivity index (χ3n) is 3.79. The number of halogens is 1. The molecule has 0 atom stereocenters. The maximum atomic E-state index is 9.22. The normalized spacial score (nSPS) is 15.3. The first-order valence-electron chi connectivity index (χ1n) is 7.13. The van der Waals surface area contributed by atoms with Crippen LogP contribution in [0.15, 0.2) is 18.2 Å². The van der Waals surface area contributed by atoms with E-state index in [0.29, 0.717) is 12.6 Å². The first-order chi connectivity index (χ1) is 9.26. The number of rotatable bonds is 7. The summed E-state index contributed by atoms with van der Waals surface area (Å²) in [7, 11) is 0. The molecule has 2 rings (SSSR count). The van der Waals surface area contributed by atoms with Crippen molar-refractivity contribution in [1.29, 1.82) is 0 Å². The Balaban J connectivity index is 2.11. The third-order valence-corrected chi connectivity index (χ3v) is 4.14. The van der Waals surface area contributed by atoms with Crippen LogP contribution in [0.3, 0.4) is 0 Å². The molecule has 0 amide bonds. The van der Waals surface area contributed by atoms with Gasteiger partial charge in [0.2, 0.25) is 0 Å². The smallest absolute Gasteiger partial charge is 0.0606 e. The van der Waals surface area contributed by atoms with Crippen LogP contribution in [0.2, 0.25) is 5.02 Å². The molecule has 0 saturated heterocycles. The molecule has 4 heteroatoms. The van der Waals surface area contributed by atoms with E-state index in [-0.39, 0.29) is 6.61 Å². The average Bonchev–Trinajstić information content (AvgIpc) is 2.34. The van der Waals surface area contributed by atoms with Gasteiger partial charge in [-0.1, -0.05) is 24.6 Å². The summed E-state index contributed by atoms with van der Waals surface area (Å²) in [5.74, 6) is 0. The highest BCUT2D eigenvalue weighted by Gasteiger charge is 2.25. The summed E-state index contributed by atoms with van der Waals surface area (Å²) in [6.07, 6.45) is 3.73. The summed E-state index contributed by atoms with van der Waals surface area (Å²) in [4.78, 5) is 2.28. The van der Waals surface area contributed by atoms with Gasteiger partial charge in [0, 0.05) is 29.8 Å². The molecule has 1 aromatic rings. The van der Waals surface area contributed by atoms with E-state index in [0.717, 1.165) is 29.4 Å². The summed E-state index contributed by atoms with van der Waals surface area (Å²) < 4.78 is 0. The molecule has 0 aliphatic heterocycles. The van der Waals surface area contributed by atoms with Gasteiger partial charge < -0.3 is 15.3 Å². The number of nitrogens with one attached hydrogen (secondary N) is 1. The molecule has 19 heavy (non-hydrogen) atoms. The van der Waals surface area contributed by atoms with Crippen molar-refractivity contribution in [3.8, 4) is 0 Å². The lowest BCUT2D eigenvalue weighted by Crippen LogP contribution is -2.42. The molecule has 0 aromatic heterocycles. The topological polar surface area (TPSA) is 35.5 Å². The molecule has 3 nitrogen and oxygen atoms in total. The second-order valence-corrected chi connectivity index (χ2v) is 5.46. The van der Waals surface area contributed by atoms with Gasteiger partial charge in [-0.05, 0) is 43.5 Å². The summed E-state index contributed by atoms with van der Waals surface area (Å²) >= 11 is 6.35. The van der Waals surface area contributed by atoms with Gasteiger partial charge in [-0.25, -0.2) is 0 Å². The van der Waals surface area contributed by atoms with Crippen molar-refractivity contribution in [1.82, 2.24) is 5.32 Å². The Kier molecular flexibility index (Phi) is 5.49. The van der Waals surface area contributed by atoms with Gasteiger partial charge in [0.1, 0.15) is 0 Å². The summed E-state index contributed by atoms with van der Waals surface area (Å²) in [5, 5.41) is 13.3. The van der Waals surface area contributed by atoms with Crippen molar-refractivity contribution in [2.45, 2.75) is 38.8 Å². The largest absolute Gasteiger partial charge is 0.395 e. The molecule has 0 spiro atoms. The minimum absolute atomic E-state index is 0.188. The first kappa shape index (κ1) is 14.6. The molecule has 0 radical (unpaired) electrons. The number of anilines is 1. The summed E-state index contributed by atoms with van der Waals surface area (Å²) in [6, 6.07) is 6.81. The van der Waals surface area contributed by atoms with Gasteiger partial charge in [-0.2, -0.15) is 0 Å². The number of aliphatic hydroxyl groups excluding tert-OH is 1. The van der Waals surface area contributed by atoms with Crippen molar-refractivity contribution in [2.24, 2.45) is 0 Å². The molecule has 0 unspecified atom stereocenters. The van der Waals surface area contributed by atoms with Crippen molar-refractivity contribution in [3.05, 3.63) is 28.8 Å². The van der Waals surface area contributed by atoms with Crippen molar-refractivity contribution in [3.63, 3.8) is 0 Å². The highest BCUT2D eigenvalue weighted by atomic mass is 35.5. The number of aliphatic hydroxyl groups is 1. The molecule has 0 bridgehead atoms. The second-order valence-electron chi connectivity index (χ2n) is 5.06. The fraction of sp³-hybridized carbons (Fsp3) is 0.600. The van der Waals surface area contributed by atoms with E-state index in [2.05, 4.69) is 29.3 Å². The Bertz CT molecular complexity index is 407. The van der Waals surface area contributed by atoms with E-state index in [1.165, 1.54) is 19.3 Å². The number of hydrogen-bond acceptors (Lipinski definition) is 3. The highest BCUT2D eigenvalue weighted by Crippen LogP contribution is 2.31. The Labute approximate surface area is 120 Å². The Morgan fingerprint density at radius 2 is 2.21 bits per heavy atom. The van der Waals surface area contributed by atoms with Crippen LogP contribution in [0.5, 0.6) is 0 Å². The molecule has 1 aliphatic rings. The maximum absolute atomic E-state index is 9.22. The van der Waals surface area contributed by atoms with Crippen molar-refractivity contribution in [2.75, 3.05) is 24.6 Å². The molecule has 0 heterocycles. The predicted octanol–water partition coefficient (Wildman–Crippen LogP) is 2.80. The second kappa shape index (κ2) is 7.13. The lowest BCUT2D eigenvalue weighted by molar-refractivity contribution is 0.283. The van der Waals surface area contributed by atoms with Crippen LogP contribution in [0, 0.1) is 0 Å². The number of benzene rings is 1. The molecule has 2 N–H and O–H groups in total. The van der Waals surface area contributed by atoms with Crippen LogP contribution in [-0.2, 0) is 6.54 Å². The van der Waals surface area contributed by atoms with Gasteiger partial charge in [0.25, 0.3) is 0 Å². The Morgan fingerprint density at radius 3 is 2.74 bits per heavy atom. The Hall–Kier alpha value is -0.770. The quantitative estimate of drug-likeness (QED) is 0.807. The minimum Gasteiger partial charge on any atom is -0.395 e. The standard InChI is InChI=1S/C15H23ClN2O/c1-2-17-11-12-6-7-14(10-15(12)16)18(8-9-19)13-4-3-5-13/h6-7,10,13,17,19H,2-5,8-9,11H2,1H3. The van der Waals surface area contributed by atoms with Gasteiger partial charge >= 0.3 is 0 Å². The van der Waals surface area contributed by atoms with Gasteiger partial charge in [0.05, 0.1) is 6.61 Å². The predicted molar refractivity (Wildman–Crippen MR) is 80.9 cm³/mol. The summed E-state index contributed by atoms with van der Waals surface area (Å²) in [6.45, 7) is 4.71. The van der Waals surface area contributed by atoms with Gasteiger partial charge in [-0.3, -0.25) is 0 Å². The molecule has 1 aromatic carbocycles. The zero-order valence-electron chi connectivity index (χ0n) is 11.5. The van der Waals surface area contributed by atoms with Crippen molar-refractivity contribution < 1.29 is 5.11 Å². The number of nitrogens with zero attached hydrogens (tertiary/aromatic N) is 1. The molecule has 1 saturated carbocycles. The fourth-order valence-corrected chi connectivity index (χ4v) is 2.69. The monoisotopic (exact) mass is 282 g/mol. The van der Waals surface area contributed by atoms with E-state index in [1.54, 1.807) is 0 Å². The zero-order valence-corrected chi connectivity index (χ0v) is 12.3. The SMILES string of the molecule is CCNCc1ccc(N(CCO)C2CCC2)cc1Cl. The van der Waals surface area contributed by atoms with Crippen LogP contribution in [-0.4, -0.2) is 30.8 Å². The summed E-state index contributed by atoms with van der Waals surface area (Å²) in [5.41, 5.74) is 2.26. The van der Waals surface area contributed by atoms with Gasteiger partial charge in [0.15, 0.2) is 0 Å². The van der Waals surface area contributed by atoms with E-state index in [9.17, 15) is 5.11 Å².